The second kappa shape index (κ2) is 1.63. The minimum absolute atomic E-state index is 0.791. The summed E-state index contributed by atoms with van der Waals surface area (Å²) in [5.74, 6) is 1.38. The summed E-state index contributed by atoms with van der Waals surface area (Å²) in [6, 6.07) is 0. The zero-order valence-corrected chi connectivity index (χ0v) is 6.97. The SMILES string of the molecule is C1CC2=C1CSC1(CC1)C2. The molecule has 0 radical (unpaired) electrons. The third-order valence-electron chi connectivity index (χ3n) is 3.12. The van der Waals surface area contributed by atoms with E-state index in [0.717, 1.165) is 4.75 Å². The number of allylic oxidation sites excluding steroid dienone is 1. The van der Waals surface area contributed by atoms with Crippen molar-refractivity contribution in [2.24, 2.45) is 0 Å². The summed E-state index contributed by atoms with van der Waals surface area (Å²) in [7, 11) is 0. The first-order valence-corrected chi connectivity index (χ1v) is 5.20. The molecule has 1 heterocycles. The summed E-state index contributed by atoms with van der Waals surface area (Å²) in [6.45, 7) is 0. The van der Waals surface area contributed by atoms with Crippen molar-refractivity contribution in [3.05, 3.63) is 11.1 Å². The highest BCUT2D eigenvalue weighted by Crippen LogP contribution is 2.59. The first kappa shape index (κ1) is 5.70. The van der Waals surface area contributed by atoms with Crippen LogP contribution in [0.25, 0.3) is 0 Å². The molecule has 1 fully saturated rings. The minimum Gasteiger partial charge on any atom is -0.150 e. The average Bonchev–Trinajstić information content (AvgIpc) is 2.61. The molecular formula is C9H12S. The highest BCUT2D eigenvalue weighted by Gasteiger charge is 2.47. The summed E-state index contributed by atoms with van der Waals surface area (Å²) in [5.41, 5.74) is 3.65. The average molecular weight is 152 g/mol. The van der Waals surface area contributed by atoms with Crippen molar-refractivity contribution in [3.8, 4) is 0 Å². The van der Waals surface area contributed by atoms with Gasteiger partial charge < -0.3 is 0 Å². The molecule has 0 saturated heterocycles. The zero-order valence-electron chi connectivity index (χ0n) is 6.15. The van der Waals surface area contributed by atoms with Crippen molar-refractivity contribution in [3.63, 3.8) is 0 Å². The lowest BCUT2D eigenvalue weighted by molar-refractivity contribution is 0.693. The van der Waals surface area contributed by atoms with Crippen LogP contribution < -0.4 is 0 Å². The molecule has 1 aliphatic heterocycles. The molecule has 0 nitrogen and oxygen atoms in total. The number of hydrogen-bond acceptors (Lipinski definition) is 1. The van der Waals surface area contributed by atoms with Crippen LogP contribution in [-0.2, 0) is 0 Å². The summed E-state index contributed by atoms with van der Waals surface area (Å²) < 4.78 is 0.791. The molecule has 0 aromatic rings. The van der Waals surface area contributed by atoms with E-state index in [-0.39, 0.29) is 0 Å². The Labute approximate surface area is 66.1 Å². The fraction of sp³-hybridized carbons (Fsp3) is 0.778. The second-order valence-corrected chi connectivity index (χ2v) is 5.30. The lowest BCUT2D eigenvalue weighted by Crippen LogP contribution is -2.20. The Morgan fingerprint density at radius 1 is 1.10 bits per heavy atom. The van der Waals surface area contributed by atoms with Crippen LogP contribution in [0.5, 0.6) is 0 Å². The van der Waals surface area contributed by atoms with Crippen LogP contribution in [0.1, 0.15) is 32.1 Å². The Kier molecular flexibility index (Phi) is 0.931. The Morgan fingerprint density at radius 2 is 1.90 bits per heavy atom. The van der Waals surface area contributed by atoms with Crippen LogP contribution >= 0.6 is 11.8 Å². The van der Waals surface area contributed by atoms with Crippen molar-refractivity contribution < 1.29 is 0 Å². The lowest BCUT2D eigenvalue weighted by atomic mass is 9.85. The van der Waals surface area contributed by atoms with Gasteiger partial charge in [-0.15, -0.1) is 0 Å². The molecule has 0 amide bonds. The van der Waals surface area contributed by atoms with E-state index in [0.29, 0.717) is 0 Å². The van der Waals surface area contributed by atoms with Gasteiger partial charge in [0.05, 0.1) is 0 Å². The van der Waals surface area contributed by atoms with Crippen molar-refractivity contribution >= 4 is 11.8 Å². The fourth-order valence-electron chi connectivity index (χ4n) is 2.01. The van der Waals surface area contributed by atoms with E-state index < -0.39 is 0 Å². The lowest BCUT2D eigenvalue weighted by Gasteiger charge is -2.33. The van der Waals surface area contributed by atoms with Gasteiger partial charge in [0, 0.05) is 10.5 Å². The van der Waals surface area contributed by atoms with E-state index in [1.54, 1.807) is 0 Å². The zero-order chi connectivity index (χ0) is 6.60. The van der Waals surface area contributed by atoms with Crippen LogP contribution in [0, 0.1) is 0 Å². The van der Waals surface area contributed by atoms with Crippen LogP contribution in [0.4, 0.5) is 0 Å². The minimum atomic E-state index is 0.791. The van der Waals surface area contributed by atoms with Crippen LogP contribution in [0.15, 0.2) is 11.1 Å². The van der Waals surface area contributed by atoms with Gasteiger partial charge in [0.1, 0.15) is 0 Å². The van der Waals surface area contributed by atoms with Crippen molar-refractivity contribution in [2.45, 2.75) is 36.9 Å². The summed E-state index contributed by atoms with van der Waals surface area (Å²) in [6.07, 6.45) is 7.35. The van der Waals surface area contributed by atoms with E-state index in [1.807, 2.05) is 11.1 Å². The van der Waals surface area contributed by atoms with Gasteiger partial charge in [0.25, 0.3) is 0 Å². The molecule has 2 aliphatic carbocycles. The van der Waals surface area contributed by atoms with E-state index in [4.69, 9.17) is 0 Å². The Balaban J connectivity index is 1.90. The highest BCUT2D eigenvalue weighted by atomic mass is 32.2. The Bertz CT molecular complexity index is 211. The molecule has 0 bridgehead atoms. The van der Waals surface area contributed by atoms with Gasteiger partial charge in [-0.25, -0.2) is 0 Å². The Hall–Kier alpha value is 0.0900. The first-order chi connectivity index (χ1) is 4.88. The molecule has 0 N–H and O–H groups in total. The quantitative estimate of drug-likeness (QED) is 0.481. The van der Waals surface area contributed by atoms with E-state index >= 15 is 0 Å². The summed E-state index contributed by atoms with van der Waals surface area (Å²) >= 11 is 2.24. The standard InChI is InChI=1S/C9H12S/c1-2-8-6-10-9(3-4-9)5-7(1)8/h1-6H2. The molecular weight excluding hydrogens is 140 g/mol. The number of thioether (sulfide) groups is 1. The molecule has 1 saturated carbocycles. The van der Waals surface area contributed by atoms with Crippen LogP contribution in [-0.4, -0.2) is 10.5 Å². The predicted molar refractivity (Wildman–Crippen MR) is 45.3 cm³/mol. The molecule has 0 aromatic heterocycles. The molecule has 0 unspecified atom stereocenters. The van der Waals surface area contributed by atoms with Crippen molar-refractivity contribution in [1.82, 2.24) is 0 Å². The molecule has 3 rings (SSSR count). The molecule has 0 atom stereocenters. The van der Waals surface area contributed by atoms with Crippen LogP contribution in [0.3, 0.4) is 0 Å². The van der Waals surface area contributed by atoms with Gasteiger partial charge in [-0.3, -0.25) is 0 Å². The number of hydrogen-bond donors (Lipinski definition) is 0. The van der Waals surface area contributed by atoms with Gasteiger partial charge in [-0.05, 0) is 32.1 Å². The van der Waals surface area contributed by atoms with E-state index in [2.05, 4.69) is 11.8 Å². The topological polar surface area (TPSA) is 0 Å². The molecule has 0 aromatic carbocycles. The molecule has 3 aliphatic rings. The van der Waals surface area contributed by atoms with Gasteiger partial charge in [-0.1, -0.05) is 11.1 Å². The number of rotatable bonds is 0. The molecule has 10 heavy (non-hydrogen) atoms. The van der Waals surface area contributed by atoms with Gasteiger partial charge >= 0.3 is 0 Å². The van der Waals surface area contributed by atoms with Crippen molar-refractivity contribution in [1.29, 1.82) is 0 Å². The summed E-state index contributed by atoms with van der Waals surface area (Å²) in [4.78, 5) is 0. The third-order valence-corrected chi connectivity index (χ3v) is 4.78. The largest absolute Gasteiger partial charge is 0.150 e. The molecule has 1 spiro atoms. The molecule has 1 heteroatoms. The molecule has 54 valence electrons. The van der Waals surface area contributed by atoms with Gasteiger partial charge in [0.2, 0.25) is 0 Å². The fourth-order valence-corrected chi connectivity index (χ4v) is 3.50. The normalized spacial score (nSPS) is 33.6. The third kappa shape index (κ3) is 0.646. The van der Waals surface area contributed by atoms with Gasteiger partial charge in [0.15, 0.2) is 0 Å². The van der Waals surface area contributed by atoms with E-state index in [9.17, 15) is 0 Å². The van der Waals surface area contributed by atoms with Gasteiger partial charge in [-0.2, -0.15) is 11.8 Å². The Morgan fingerprint density at radius 3 is 2.40 bits per heavy atom. The maximum absolute atomic E-state index is 2.24. The summed E-state index contributed by atoms with van der Waals surface area (Å²) in [5, 5.41) is 0. The second-order valence-electron chi connectivity index (χ2n) is 3.86. The maximum Gasteiger partial charge on any atom is 0.0201 e. The maximum atomic E-state index is 2.24. The van der Waals surface area contributed by atoms with Crippen molar-refractivity contribution in [2.75, 3.05) is 5.75 Å². The first-order valence-electron chi connectivity index (χ1n) is 4.22. The monoisotopic (exact) mass is 152 g/mol. The van der Waals surface area contributed by atoms with Crippen LogP contribution in [0.2, 0.25) is 0 Å². The highest BCUT2D eigenvalue weighted by molar-refractivity contribution is 8.01. The smallest absolute Gasteiger partial charge is 0.0201 e. The van der Waals surface area contributed by atoms with E-state index in [1.165, 1.54) is 37.9 Å². The predicted octanol–water partition coefficient (Wildman–Crippen LogP) is 2.75.